The number of carboxylic acid groups (broad SMARTS) is 1. The number of rotatable bonds is 6. The van der Waals surface area contributed by atoms with Crippen molar-refractivity contribution in [1.29, 1.82) is 0 Å². The van der Waals surface area contributed by atoms with Gasteiger partial charge in [-0.05, 0) is 31.9 Å². The molecule has 2 rings (SSSR count). The van der Waals surface area contributed by atoms with Crippen molar-refractivity contribution in [2.24, 2.45) is 0 Å². The van der Waals surface area contributed by atoms with E-state index >= 15 is 0 Å². The lowest BCUT2D eigenvalue weighted by Gasteiger charge is -2.05. The van der Waals surface area contributed by atoms with Gasteiger partial charge in [0.2, 0.25) is 0 Å². The number of imidazole rings is 1. The van der Waals surface area contributed by atoms with E-state index in [4.69, 9.17) is 5.11 Å². The standard InChI is InChI=1S/C14H17FN2O2/c1-2-17-12-8-7-10(15)9-11(12)16-13(17)5-3-4-6-14(18)19/h7-9H,2-6H2,1H3,(H,18,19). The Hall–Kier alpha value is -1.91. The summed E-state index contributed by atoms with van der Waals surface area (Å²) in [5.74, 6) is -0.162. The molecule has 1 heterocycles. The number of carbonyl (C=O) groups is 1. The van der Waals surface area contributed by atoms with Gasteiger partial charge in [-0.15, -0.1) is 0 Å². The second-order valence-electron chi connectivity index (χ2n) is 4.51. The van der Waals surface area contributed by atoms with Crippen LogP contribution in [-0.2, 0) is 17.8 Å². The molecule has 0 bridgehead atoms. The fourth-order valence-electron chi connectivity index (χ4n) is 2.26. The van der Waals surface area contributed by atoms with Crippen LogP contribution in [0.5, 0.6) is 0 Å². The molecule has 2 aromatic rings. The van der Waals surface area contributed by atoms with E-state index < -0.39 is 5.97 Å². The van der Waals surface area contributed by atoms with Crippen molar-refractivity contribution in [3.63, 3.8) is 0 Å². The Labute approximate surface area is 110 Å². The molecule has 1 aromatic carbocycles. The minimum Gasteiger partial charge on any atom is -0.481 e. The van der Waals surface area contributed by atoms with Crippen LogP contribution in [0.4, 0.5) is 4.39 Å². The van der Waals surface area contributed by atoms with Crippen molar-refractivity contribution < 1.29 is 14.3 Å². The molecule has 5 heteroatoms. The van der Waals surface area contributed by atoms with Gasteiger partial charge in [0.15, 0.2) is 0 Å². The van der Waals surface area contributed by atoms with Gasteiger partial charge >= 0.3 is 5.97 Å². The third-order valence-electron chi connectivity index (χ3n) is 3.15. The number of aryl methyl sites for hydroxylation is 2. The Morgan fingerprint density at radius 1 is 1.42 bits per heavy atom. The van der Waals surface area contributed by atoms with E-state index in [0.717, 1.165) is 30.7 Å². The molecule has 0 aliphatic heterocycles. The fraction of sp³-hybridized carbons (Fsp3) is 0.429. The second-order valence-corrected chi connectivity index (χ2v) is 4.51. The highest BCUT2D eigenvalue weighted by molar-refractivity contribution is 5.76. The first-order valence-corrected chi connectivity index (χ1v) is 6.48. The zero-order chi connectivity index (χ0) is 13.8. The SMILES string of the molecule is CCn1c(CCCCC(=O)O)nc2cc(F)ccc21. The van der Waals surface area contributed by atoms with Gasteiger partial charge in [-0.2, -0.15) is 0 Å². The lowest BCUT2D eigenvalue weighted by Crippen LogP contribution is -2.02. The highest BCUT2D eigenvalue weighted by Crippen LogP contribution is 2.19. The first-order chi connectivity index (χ1) is 9.11. The average Bonchev–Trinajstić information content (AvgIpc) is 2.70. The van der Waals surface area contributed by atoms with Gasteiger partial charge in [-0.1, -0.05) is 0 Å². The summed E-state index contributed by atoms with van der Waals surface area (Å²) in [4.78, 5) is 14.9. The molecule has 1 aromatic heterocycles. The molecule has 19 heavy (non-hydrogen) atoms. The fourth-order valence-corrected chi connectivity index (χ4v) is 2.26. The van der Waals surface area contributed by atoms with Crippen LogP contribution >= 0.6 is 0 Å². The Bertz CT molecular complexity index is 592. The lowest BCUT2D eigenvalue weighted by molar-refractivity contribution is -0.137. The Morgan fingerprint density at radius 3 is 2.89 bits per heavy atom. The number of nitrogens with zero attached hydrogens (tertiary/aromatic N) is 2. The maximum atomic E-state index is 13.2. The Balaban J connectivity index is 2.15. The van der Waals surface area contributed by atoms with Crippen LogP contribution in [0, 0.1) is 5.82 Å². The molecular weight excluding hydrogens is 247 g/mol. The van der Waals surface area contributed by atoms with Crippen molar-refractivity contribution in [1.82, 2.24) is 9.55 Å². The predicted octanol–water partition coefficient (Wildman–Crippen LogP) is 2.99. The zero-order valence-corrected chi connectivity index (χ0v) is 10.9. The van der Waals surface area contributed by atoms with Crippen LogP contribution in [-0.4, -0.2) is 20.6 Å². The highest BCUT2D eigenvalue weighted by atomic mass is 19.1. The summed E-state index contributed by atoms with van der Waals surface area (Å²) in [7, 11) is 0. The van der Waals surface area contributed by atoms with Crippen molar-refractivity contribution in [2.75, 3.05) is 0 Å². The lowest BCUT2D eigenvalue weighted by atomic mass is 10.2. The monoisotopic (exact) mass is 264 g/mol. The van der Waals surface area contributed by atoms with E-state index in [1.165, 1.54) is 12.1 Å². The largest absolute Gasteiger partial charge is 0.481 e. The topological polar surface area (TPSA) is 55.1 Å². The van der Waals surface area contributed by atoms with E-state index in [9.17, 15) is 9.18 Å². The summed E-state index contributed by atoms with van der Waals surface area (Å²) in [6, 6.07) is 4.61. The molecule has 4 nitrogen and oxygen atoms in total. The first kappa shape index (κ1) is 13.5. The van der Waals surface area contributed by atoms with Gasteiger partial charge in [0.25, 0.3) is 0 Å². The minimum absolute atomic E-state index is 0.182. The summed E-state index contributed by atoms with van der Waals surface area (Å²) >= 11 is 0. The number of unbranched alkanes of at least 4 members (excludes halogenated alkanes) is 1. The van der Waals surface area contributed by atoms with E-state index in [-0.39, 0.29) is 12.2 Å². The van der Waals surface area contributed by atoms with E-state index in [1.807, 2.05) is 6.92 Å². The molecule has 0 fully saturated rings. The van der Waals surface area contributed by atoms with Crippen LogP contribution in [0.3, 0.4) is 0 Å². The summed E-state index contributed by atoms with van der Waals surface area (Å²) in [6.07, 6.45) is 2.31. The highest BCUT2D eigenvalue weighted by Gasteiger charge is 2.10. The maximum Gasteiger partial charge on any atom is 0.303 e. The number of halogens is 1. The molecule has 0 amide bonds. The van der Waals surface area contributed by atoms with Gasteiger partial charge in [0.05, 0.1) is 11.0 Å². The minimum atomic E-state index is -0.772. The molecule has 0 aliphatic rings. The first-order valence-electron chi connectivity index (χ1n) is 6.48. The predicted molar refractivity (Wildman–Crippen MR) is 70.6 cm³/mol. The van der Waals surface area contributed by atoms with Crippen molar-refractivity contribution in [2.45, 2.75) is 39.2 Å². The normalized spacial score (nSPS) is 11.1. The third-order valence-corrected chi connectivity index (χ3v) is 3.15. The van der Waals surface area contributed by atoms with Gasteiger partial charge in [0.1, 0.15) is 11.6 Å². The number of fused-ring (bicyclic) bond motifs is 1. The van der Waals surface area contributed by atoms with Gasteiger partial charge in [-0.25, -0.2) is 9.37 Å². The Morgan fingerprint density at radius 2 is 2.21 bits per heavy atom. The molecule has 0 unspecified atom stereocenters. The Kier molecular flexibility index (Phi) is 4.14. The maximum absolute atomic E-state index is 13.2. The summed E-state index contributed by atoms with van der Waals surface area (Å²) in [6.45, 7) is 2.79. The molecule has 0 spiro atoms. The molecule has 1 N–H and O–H groups in total. The molecule has 102 valence electrons. The van der Waals surface area contributed by atoms with Crippen molar-refractivity contribution >= 4 is 17.0 Å². The van der Waals surface area contributed by atoms with Crippen molar-refractivity contribution in [3.05, 3.63) is 29.8 Å². The molecule has 0 radical (unpaired) electrons. The summed E-state index contributed by atoms with van der Waals surface area (Å²) in [5, 5.41) is 8.59. The van der Waals surface area contributed by atoms with Crippen LogP contribution in [0.2, 0.25) is 0 Å². The number of aliphatic carboxylic acids is 1. The van der Waals surface area contributed by atoms with Crippen LogP contribution < -0.4 is 0 Å². The quantitative estimate of drug-likeness (QED) is 0.816. The summed E-state index contributed by atoms with van der Waals surface area (Å²) in [5.41, 5.74) is 1.59. The zero-order valence-electron chi connectivity index (χ0n) is 10.9. The summed E-state index contributed by atoms with van der Waals surface area (Å²) < 4.78 is 15.2. The number of hydrogen-bond donors (Lipinski definition) is 1. The van der Waals surface area contributed by atoms with Crippen LogP contribution in [0.25, 0.3) is 11.0 Å². The average molecular weight is 264 g/mol. The second kappa shape index (κ2) is 5.82. The number of hydrogen-bond acceptors (Lipinski definition) is 2. The van der Waals surface area contributed by atoms with Gasteiger partial charge in [-0.3, -0.25) is 4.79 Å². The molecule has 0 saturated heterocycles. The molecule has 0 aliphatic carbocycles. The smallest absolute Gasteiger partial charge is 0.303 e. The van der Waals surface area contributed by atoms with E-state index in [0.29, 0.717) is 11.9 Å². The number of aromatic nitrogens is 2. The van der Waals surface area contributed by atoms with Crippen molar-refractivity contribution in [3.8, 4) is 0 Å². The molecule has 0 saturated carbocycles. The van der Waals surface area contributed by atoms with E-state index in [1.54, 1.807) is 6.07 Å². The van der Waals surface area contributed by atoms with E-state index in [2.05, 4.69) is 9.55 Å². The third kappa shape index (κ3) is 3.10. The number of carboxylic acids is 1. The molecule has 0 atom stereocenters. The number of benzene rings is 1. The van der Waals surface area contributed by atoms with Gasteiger partial charge in [0, 0.05) is 25.5 Å². The molecular formula is C14H17FN2O2. The van der Waals surface area contributed by atoms with Crippen LogP contribution in [0.1, 0.15) is 32.0 Å². The van der Waals surface area contributed by atoms with Gasteiger partial charge < -0.3 is 9.67 Å². The van der Waals surface area contributed by atoms with Crippen LogP contribution in [0.15, 0.2) is 18.2 Å².